The highest BCUT2D eigenvalue weighted by atomic mass is 16.4. The van der Waals surface area contributed by atoms with Gasteiger partial charge in [-0.2, -0.15) is 0 Å². The standard InChI is InChI=1S/C14H24N2O3/c1-14(12(17)18)9-5-6-10-16(14)13(19)15(2)11-7-3-4-8-11/h11H,3-10H2,1-2H3,(H,17,18). The molecular formula is C14H24N2O3. The average molecular weight is 268 g/mol. The topological polar surface area (TPSA) is 60.9 Å². The minimum Gasteiger partial charge on any atom is -0.480 e. The van der Waals surface area contributed by atoms with E-state index in [1.807, 2.05) is 7.05 Å². The van der Waals surface area contributed by atoms with Gasteiger partial charge in [0.15, 0.2) is 0 Å². The van der Waals surface area contributed by atoms with Crippen molar-refractivity contribution in [2.24, 2.45) is 0 Å². The van der Waals surface area contributed by atoms with E-state index in [1.165, 1.54) is 12.8 Å². The van der Waals surface area contributed by atoms with E-state index in [9.17, 15) is 14.7 Å². The maximum Gasteiger partial charge on any atom is 0.329 e. The highest BCUT2D eigenvalue weighted by Gasteiger charge is 2.45. The molecule has 1 atom stereocenters. The van der Waals surface area contributed by atoms with Crippen LogP contribution in [0.3, 0.4) is 0 Å². The van der Waals surface area contributed by atoms with Gasteiger partial charge >= 0.3 is 12.0 Å². The van der Waals surface area contributed by atoms with Gasteiger partial charge in [-0.25, -0.2) is 9.59 Å². The van der Waals surface area contributed by atoms with E-state index in [0.717, 1.165) is 25.7 Å². The summed E-state index contributed by atoms with van der Waals surface area (Å²) in [5.74, 6) is -0.889. The molecule has 1 aliphatic heterocycles. The molecular weight excluding hydrogens is 244 g/mol. The first kappa shape index (κ1) is 14.2. The third-order valence-corrected chi connectivity index (χ3v) is 4.76. The van der Waals surface area contributed by atoms with Crippen LogP contribution in [-0.2, 0) is 4.79 Å². The van der Waals surface area contributed by atoms with Gasteiger partial charge < -0.3 is 14.9 Å². The normalized spacial score (nSPS) is 28.4. The van der Waals surface area contributed by atoms with Gasteiger partial charge in [0.1, 0.15) is 5.54 Å². The number of hydrogen-bond donors (Lipinski definition) is 1. The highest BCUT2D eigenvalue weighted by Crippen LogP contribution is 2.31. The van der Waals surface area contributed by atoms with E-state index in [1.54, 1.807) is 16.7 Å². The minimum atomic E-state index is -1.04. The molecule has 0 bridgehead atoms. The number of rotatable bonds is 2. The smallest absolute Gasteiger partial charge is 0.329 e. The molecule has 5 nitrogen and oxygen atoms in total. The second kappa shape index (κ2) is 5.39. The lowest BCUT2D eigenvalue weighted by atomic mass is 9.89. The summed E-state index contributed by atoms with van der Waals surface area (Å²) in [6.07, 6.45) is 6.73. The first-order valence-corrected chi connectivity index (χ1v) is 7.24. The van der Waals surface area contributed by atoms with Crippen molar-refractivity contribution in [1.82, 2.24) is 9.80 Å². The quantitative estimate of drug-likeness (QED) is 0.836. The molecule has 2 fully saturated rings. The fourth-order valence-corrected chi connectivity index (χ4v) is 3.29. The first-order chi connectivity index (χ1) is 8.97. The molecule has 1 heterocycles. The van der Waals surface area contributed by atoms with Crippen LogP contribution in [0.1, 0.15) is 51.9 Å². The molecule has 0 spiro atoms. The van der Waals surface area contributed by atoms with Crippen LogP contribution >= 0.6 is 0 Å². The first-order valence-electron chi connectivity index (χ1n) is 7.24. The maximum absolute atomic E-state index is 12.6. The Morgan fingerprint density at radius 2 is 1.84 bits per heavy atom. The zero-order valence-electron chi connectivity index (χ0n) is 11.9. The Morgan fingerprint density at radius 3 is 2.42 bits per heavy atom. The van der Waals surface area contributed by atoms with Gasteiger partial charge in [0, 0.05) is 19.6 Å². The molecule has 1 unspecified atom stereocenters. The van der Waals surface area contributed by atoms with E-state index in [2.05, 4.69) is 0 Å². The van der Waals surface area contributed by atoms with Crippen LogP contribution in [-0.4, -0.2) is 52.1 Å². The Bertz CT molecular complexity index is 366. The Kier molecular flexibility index (Phi) is 4.02. The molecule has 108 valence electrons. The molecule has 1 N–H and O–H groups in total. The summed E-state index contributed by atoms with van der Waals surface area (Å²) in [6, 6.07) is 0.170. The molecule has 19 heavy (non-hydrogen) atoms. The third-order valence-electron chi connectivity index (χ3n) is 4.76. The number of nitrogens with zero attached hydrogens (tertiary/aromatic N) is 2. The van der Waals surface area contributed by atoms with E-state index in [0.29, 0.717) is 13.0 Å². The number of carboxylic acid groups (broad SMARTS) is 1. The Labute approximate surface area is 114 Å². The van der Waals surface area contributed by atoms with Gasteiger partial charge in [-0.1, -0.05) is 12.8 Å². The fraction of sp³-hybridized carbons (Fsp3) is 0.857. The number of carboxylic acids is 1. The van der Waals surface area contributed by atoms with Crippen LogP contribution in [0.2, 0.25) is 0 Å². The predicted molar refractivity (Wildman–Crippen MR) is 72.0 cm³/mol. The number of carbonyl (C=O) groups excluding carboxylic acids is 1. The molecule has 2 rings (SSSR count). The van der Waals surface area contributed by atoms with Gasteiger partial charge in [-0.05, 0) is 39.0 Å². The molecule has 1 saturated heterocycles. The lowest BCUT2D eigenvalue weighted by Gasteiger charge is -2.44. The zero-order chi connectivity index (χ0) is 14.0. The van der Waals surface area contributed by atoms with Gasteiger partial charge in [0.2, 0.25) is 0 Å². The number of aliphatic carboxylic acids is 1. The van der Waals surface area contributed by atoms with Crippen molar-refractivity contribution in [3.63, 3.8) is 0 Å². The molecule has 0 aromatic heterocycles. The van der Waals surface area contributed by atoms with Crippen molar-refractivity contribution in [1.29, 1.82) is 0 Å². The lowest BCUT2D eigenvalue weighted by Crippen LogP contribution is -2.61. The van der Waals surface area contributed by atoms with Crippen LogP contribution in [0.4, 0.5) is 4.79 Å². The summed E-state index contributed by atoms with van der Waals surface area (Å²) in [6.45, 7) is 2.23. The largest absolute Gasteiger partial charge is 0.480 e. The third kappa shape index (κ3) is 2.55. The van der Waals surface area contributed by atoms with Crippen LogP contribution in [0.25, 0.3) is 0 Å². The highest BCUT2D eigenvalue weighted by molar-refractivity contribution is 5.86. The van der Waals surface area contributed by atoms with Gasteiger partial charge in [0.05, 0.1) is 0 Å². The predicted octanol–water partition coefficient (Wildman–Crippen LogP) is 2.31. The second-order valence-electron chi connectivity index (χ2n) is 6.02. The lowest BCUT2D eigenvalue weighted by molar-refractivity contribution is -0.150. The summed E-state index contributed by atoms with van der Waals surface area (Å²) < 4.78 is 0. The number of carbonyl (C=O) groups is 2. The van der Waals surface area contributed by atoms with Gasteiger partial charge in [0.25, 0.3) is 0 Å². The number of likely N-dealkylation sites (tertiary alicyclic amines) is 1. The molecule has 2 amide bonds. The summed E-state index contributed by atoms with van der Waals surface area (Å²) in [5, 5.41) is 9.45. The molecule has 0 radical (unpaired) electrons. The number of hydrogen-bond acceptors (Lipinski definition) is 2. The summed E-state index contributed by atoms with van der Waals surface area (Å²) in [7, 11) is 1.81. The Hall–Kier alpha value is -1.26. The Morgan fingerprint density at radius 1 is 1.21 bits per heavy atom. The molecule has 2 aliphatic rings. The fourth-order valence-electron chi connectivity index (χ4n) is 3.29. The number of piperidine rings is 1. The van der Waals surface area contributed by atoms with Crippen LogP contribution in [0.15, 0.2) is 0 Å². The van der Waals surface area contributed by atoms with Crippen molar-refractivity contribution >= 4 is 12.0 Å². The second-order valence-corrected chi connectivity index (χ2v) is 6.02. The van der Waals surface area contributed by atoms with Crippen molar-refractivity contribution in [3.8, 4) is 0 Å². The minimum absolute atomic E-state index is 0.114. The molecule has 0 aromatic rings. The molecule has 0 aromatic carbocycles. The Balaban J connectivity index is 2.13. The summed E-state index contributed by atoms with van der Waals surface area (Å²) in [4.78, 5) is 27.4. The van der Waals surface area contributed by atoms with Gasteiger partial charge in [-0.15, -0.1) is 0 Å². The molecule has 5 heteroatoms. The van der Waals surface area contributed by atoms with E-state index < -0.39 is 11.5 Å². The van der Waals surface area contributed by atoms with Crippen molar-refractivity contribution in [2.45, 2.75) is 63.5 Å². The molecule has 1 saturated carbocycles. The van der Waals surface area contributed by atoms with Crippen molar-refractivity contribution in [3.05, 3.63) is 0 Å². The van der Waals surface area contributed by atoms with E-state index in [-0.39, 0.29) is 12.1 Å². The van der Waals surface area contributed by atoms with Gasteiger partial charge in [-0.3, -0.25) is 0 Å². The van der Waals surface area contributed by atoms with Crippen LogP contribution in [0, 0.1) is 0 Å². The average Bonchev–Trinajstić information content (AvgIpc) is 2.91. The monoisotopic (exact) mass is 268 g/mol. The maximum atomic E-state index is 12.6. The molecule has 1 aliphatic carbocycles. The number of amides is 2. The van der Waals surface area contributed by atoms with Crippen LogP contribution in [0.5, 0.6) is 0 Å². The SMILES string of the molecule is CN(C(=O)N1CCCCC1(C)C(=O)O)C1CCCC1. The zero-order valence-corrected chi connectivity index (χ0v) is 11.9. The van der Waals surface area contributed by atoms with Crippen LogP contribution < -0.4 is 0 Å². The summed E-state index contributed by atoms with van der Waals surface area (Å²) >= 11 is 0. The number of urea groups is 1. The van der Waals surface area contributed by atoms with E-state index >= 15 is 0 Å². The van der Waals surface area contributed by atoms with E-state index in [4.69, 9.17) is 0 Å². The van der Waals surface area contributed by atoms with Crippen molar-refractivity contribution in [2.75, 3.05) is 13.6 Å². The van der Waals surface area contributed by atoms with Crippen molar-refractivity contribution < 1.29 is 14.7 Å². The summed E-state index contributed by atoms with van der Waals surface area (Å²) in [5.41, 5.74) is -1.04.